The van der Waals surface area contributed by atoms with Gasteiger partial charge in [-0.2, -0.15) is 0 Å². The molecule has 1 unspecified atom stereocenters. The number of hydrogen-bond acceptors (Lipinski definition) is 3. The summed E-state index contributed by atoms with van der Waals surface area (Å²) in [5, 5.41) is 11.8. The van der Waals surface area contributed by atoms with E-state index in [9.17, 15) is 9.59 Å². The third-order valence-electron chi connectivity index (χ3n) is 4.59. The predicted molar refractivity (Wildman–Crippen MR) is 82.0 cm³/mol. The van der Waals surface area contributed by atoms with Crippen LogP contribution in [0, 0.1) is 0 Å². The quantitative estimate of drug-likeness (QED) is 0.912. The summed E-state index contributed by atoms with van der Waals surface area (Å²) in [6.45, 7) is 3.86. The topological polar surface area (TPSA) is 79.3 Å². The van der Waals surface area contributed by atoms with Gasteiger partial charge in [-0.05, 0) is 36.6 Å². The molecule has 2 N–H and O–H groups in total. The lowest BCUT2D eigenvalue weighted by atomic mass is 9.71. The summed E-state index contributed by atoms with van der Waals surface area (Å²) in [6.07, 6.45) is 1.65. The molecule has 1 aromatic heterocycles. The fraction of sp³-hybridized carbons (Fsp3) is 0.235. The van der Waals surface area contributed by atoms with Crippen LogP contribution >= 0.6 is 0 Å². The molecule has 22 heavy (non-hydrogen) atoms. The van der Waals surface area contributed by atoms with Crippen molar-refractivity contribution in [2.45, 2.75) is 25.2 Å². The fourth-order valence-corrected chi connectivity index (χ4v) is 2.96. The average molecular weight is 296 g/mol. The highest BCUT2D eigenvalue weighted by Gasteiger charge is 2.47. The molecule has 2 aromatic rings. The summed E-state index contributed by atoms with van der Waals surface area (Å²) in [4.78, 5) is 27.7. The molecule has 0 fully saturated rings. The molecule has 0 aliphatic carbocycles. The van der Waals surface area contributed by atoms with Crippen molar-refractivity contribution in [2.24, 2.45) is 0 Å². The standard InChI is InChI=1S/C17H16N2O3/c1-10(11-5-7-12(8-6-11)15(20)21)17(2)13-4-3-9-18-14(13)19-16(17)22/h3-10H,1-2H3,(H,20,21)(H,18,19,22)/t10?,17-/m1/s1. The zero-order chi connectivity index (χ0) is 15.9. The van der Waals surface area contributed by atoms with Gasteiger partial charge < -0.3 is 10.4 Å². The number of aromatic nitrogens is 1. The SMILES string of the molecule is CC(c1ccc(C(=O)O)cc1)[C@@]1(C)C(=O)Nc2ncccc21. The first kappa shape index (κ1) is 14.3. The predicted octanol–water partition coefficient (Wildman–Crippen LogP) is 2.79. The van der Waals surface area contributed by atoms with E-state index in [1.807, 2.05) is 26.0 Å². The minimum atomic E-state index is -0.960. The lowest BCUT2D eigenvalue weighted by Crippen LogP contribution is -2.36. The number of benzene rings is 1. The number of hydrogen-bond donors (Lipinski definition) is 2. The van der Waals surface area contributed by atoms with Crippen molar-refractivity contribution >= 4 is 17.7 Å². The Hall–Kier alpha value is -2.69. The molecule has 5 nitrogen and oxygen atoms in total. The van der Waals surface area contributed by atoms with Crippen molar-refractivity contribution in [3.8, 4) is 0 Å². The molecule has 0 spiro atoms. The van der Waals surface area contributed by atoms with Crippen molar-refractivity contribution in [1.82, 2.24) is 4.98 Å². The first-order valence-corrected chi connectivity index (χ1v) is 7.05. The van der Waals surface area contributed by atoms with Crippen LogP contribution in [0.4, 0.5) is 5.82 Å². The maximum atomic E-state index is 12.5. The number of fused-ring (bicyclic) bond motifs is 1. The Morgan fingerprint density at radius 1 is 1.27 bits per heavy atom. The lowest BCUT2D eigenvalue weighted by molar-refractivity contribution is -0.120. The van der Waals surface area contributed by atoms with Crippen molar-refractivity contribution < 1.29 is 14.7 Å². The van der Waals surface area contributed by atoms with E-state index in [1.54, 1.807) is 30.5 Å². The maximum absolute atomic E-state index is 12.5. The minimum absolute atomic E-state index is 0.0870. The molecule has 2 heterocycles. The molecule has 0 bridgehead atoms. The number of nitrogens with zero attached hydrogens (tertiary/aromatic N) is 1. The van der Waals surface area contributed by atoms with E-state index in [2.05, 4.69) is 10.3 Å². The molecular weight excluding hydrogens is 280 g/mol. The second-order valence-corrected chi connectivity index (χ2v) is 5.70. The number of aromatic carboxylic acids is 1. The van der Waals surface area contributed by atoms with Gasteiger partial charge in [0, 0.05) is 11.8 Å². The normalized spacial score (nSPS) is 21.1. The van der Waals surface area contributed by atoms with Crippen LogP contribution in [0.3, 0.4) is 0 Å². The molecule has 0 saturated heterocycles. The van der Waals surface area contributed by atoms with Gasteiger partial charge in [-0.15, -0.1) is 0 Å². The number of pyridine rings is 1. The van der Waals surface area contributed by atoms with Gasteiger partial charge in [0.05, 0.1) is 11.0 Å². The third-order valence-corrected chi connectivity index (χ3v) is 4.59. The molecular formula is C17H16N2O3. The van der Waals surface area contributed by atoms with Gasteiger partial charge in [-0.1, -0.05) is 25.1 Å². The Kier molecular flexibility index (Phi) is 3.20. The van der Waals surface area contributed by atoms with Crippen molar-refractivity contribution in [2.75, 3.05) is 5.32 Å². The van der Waals surface area contributed by atoms with Gasteiger partial charge in [0.2, 0.25) is 5.91 Å². The fourth-order valence-electron chi connectivity index (χ4n) is 2.96. The van der Waals surface area contributed by atoms with E-state index in [0.717, 1.165) is 11.1 Å². The second-order valence-electron chi connectivity index (χ2n) is 5.70. The Labute approximate surface area is 128 Å². The zero-order valence-corrected chi connectivity index (χ0v) is 12.3. The van der Waals surface area contributed by atoms with Crippen molar-refractivity contribution in [3.63, 3.8) is 0 Å². The minimum Gasteiger partial charge on any atom is -0.478 e. The Morgan fingerprint density at radius 2 is 1.95 bits per heavy atom. The molecule has 0 radical (unpaired) electrons. The largest absolute Gasteiger partial charge is 0.478 e. The number of rotatable bonds is 3. The van der Waals surface area contributed by atoms with Crippen LogP contribution in [0.15, 0.2) is 42.6 Å². The summed E-state index contributed by atoms with van der Waals surface area (Å²) in [5.41, 5.74) is 1.29. The lowest BCUT2D eigenvalue weighted by Gasteiger charge is -2.30. The van der Waals surface area contributed by atoms with Gasteiger partial charge >= 0.3 is 5.97 Å². The first-order chi connectivity index (χ1) is 10.4. The highest BCUT2D eigenvalue weighted by atomic mass is 16.4. The van der Waals surface area contributed by atoms with E-state index < -0.39 is 11.4 Å². The van der Waals surface area contributed by atoms with Crippen molar-refractivity contribution in [3.05, 3.63) is 59.3 Å². The van der Waals surface area contributed by atoms with Gasteiger partial charge in [0.15, 0.2) is 0 Å². The molecule has 2 atom stereocenters. The van der Waals surface area contributed by atoms with Gasteiger partial charge in [0.25, 0.3) is 0 Å². The summed E-state index contributed by atoms with van der Waals surface area (Å²) in [7, 11) is 0. The number of nitrogens with one attached hydrogen (secondary N) is 1. The summed E-state index contributed by atoms with van der Waals surface area (Å²) in [6, 6.07) is 10.4. The maximum Gasteiger partial charge on any atom is 0.335 e. The number of carbonyl (C=O) groups excluding carboxylic acids is 1. The second kappa shape index (κ2) is 4.94. The number of carboxylic acids is 1. The molecule has 1 amide bonds. The summed E-state index contributed by atoms with van der Waals surface area (Å²) in [5.74, 6) is -0.556. The van der Waals surface area contributed by atoms with Crippen LogP contribution in [0.25, 0.3) is 0 Å². The highest BCUT2D eigenvalue weighted by molar-refractivity contribution is 6.05. The van der Waals surface area contributed by atoms with Gasteiger partial charge in [-0.25, -0.2) is 9.78 Å². The number of carbonyl (C=O) groups is 2. The molecule has 1 aliphatic rings. The van der Waals surface area contributed by atoms with Crippen LogP contribution in [-0.2, 0) is 10.2 Å². The van der Waals surface area contributed by atoms with Crippen LogP contribution in [0.2, 0.25) is 0 Å². The van der Waals surface area contributed by atoms with E-state index in [4.69, 9.17) is 5.11 Å². The van der Waals surface area contributed by atoms with Crippen LogP contribution in [0.5, 0.6) is 0 Å². The Morgan fingerprint density at radius 3 is 2.59 bits per heavy atom. The van der Waals surface area contributed by atoms with E-state index in [0.29, 0.717) is 5.82 Å². The van der Waals surface area contributed by atoms with Crippen molar-refractivity contribution in [1.29, 1.82) is 0 Å². The average Bonchev–Trinajstić information content (AvgIpc) is 2.79. The molecule has 1 aliphatic heterocycles. The van der Waals surface area contributed by atoms with E-state index in [-0.39, 0.29) is 17.4 Å². The molecule has 5 heteroatoms. The highest BCUT2D eigenvalue weighted by Crippen LogP contribution is 2.45. The summed E-state index contributed by atoms with van der Waals surface area (Å²) < 4.78 is 0. The zero-order valence-electron chi connectivity index (χ0n) is 12.3. The molecule has 112 valence electrons. The van der Waals surface area contributed by atoms with Gasteiger partial charge in [-0.3, -0.25) is 4.79 Å². The van der Waals surface area contributed by atoms with E-state index in [1.165, 1.54) is 0 Å². The monoisotopic (exact) mass is 296 g/mol. The number of anilines is 1. The smallest absolute Gasteiger partial charge is 0.335 e. The summed E-state index contributed by atoms with van der Waals surface area (Å²) >= 11 is 0. The molecule has 0 saturated carbocycles. The van der Waals surface area contributed by atoms with Crippen LogP contribution in [-0.4, -0.2) is 22.0 Å². The van der Waals surface area contributed by atoms with Crippen LogP contribution < -0.4 is 5.32 Å². The molecule has 1 aromatic carbocycles. The Balaban J connectivity index is 2.02. The number of amides is 1. The Bertz CT molecular complexity index is 755. The molecule has 3 rings (SSSR count). The van der Waals surface area contributed by atoms with Gasteiger partial charge in [0.1, 0.15) is 5.82 Å². The number of carboxylic acid groups (broad SMARTS) is 1. The van der Waals surface area contributed by atoms with E-state index >= 15 is 0 Å². The third kappa shape index (κ3) is 1.97. The first-order valence-electron chi connectivity index (χ1n) is 7.05. The van der Waals surface area contributed by atoms with Crippen LogP contribution in [0.1, 0.15) is 41.3 Å².